The van der Waals surface area contributed by atoms with Crippen LogP contribution >= 0.6 is 31.9 Å². The summed E-state index contributed by atoms with van der Waals surface area (Å²) in [5.74, 6) is 2.38. The summed E-state index contributed by atoms with van der Waals surface area (Å²) in [7, 11) is 0. The van der Waals surface area contributed by atoms with Gasteiger partial charge in [0, 0.05) is 10.7 Å². The molecule has 0 N–H and O–H groups in total. The molecular formula is C26H19Br2NO2. The van der Waals surface area contributed by atoms with Gasteiger partial charge in [0.25, 0.3) is 0 Å². The molecule has 0 saturated carbocycles. The van der Waals surface area contributed by atoms with Crippen LogP contribution in [0.25, 0.3) is 0 Å². The lowest BCUT2D eigenvalue weighted by Crippen LogP contribution is -1.96. The average Bonchev–Trinajstić information content (AvgIpc) is 2.80. The third kappa shape index (κ3) is 6.29. The van der Waals surface area contributed by atoms with Gasteiger partial charge in [0.05, 0.1) is 10.2 Å². The van der Waals surface area contributed by atoms with Crippen molar-refractivity contribution in [2.75, 3.05) is 0 Å². The van der Waals surface area contributed by atoms with Gasteiger partial charge in [-0.1, -0.05) is 46.3 Å². The second kappa shape index (κ2) is 10.4. The van der Waals surface area contributed by atoms with Gasteiger partial charge < -0.3 is 9.47 Å². The Morgan fingerprint density at radius 1 is 0.742 bits per heavy atom. The molecule has 0 bridgehead atoms. The van der Waals surface area contributed by atoms with Gasteiger partial charge in [-0.15, -0.1) is 0 Å². The number of nitrogens with zero attached hydrogens (tertiary/aromatic N) is 1. The second-order valence-corrected chi connectivity index (χ2v) is 8.54. The molecule has 0 amide bonds. The Labute approximate surface area is 198 Å². The Balaban J connectivity index is 1.36. The third-order valence-corrected chi connectivity index (χ3v) is 5.59. The lowest BCUT2D eigenvalue weighted by atomic mass is 10.2. The fourth-order valence-corrected chi connectivity index (χ4v) is 3.61. The van der Waals surface area contributed by atoms with Gasteiger partial charge in [-0.2, -0.15) is 0 Å². The summed E-state index contributed by atoms with van der Waals surface area (Å²) in [6.07, 6.45) is 1.83. The van der Waals surface area contributed by atoms with Crippen molar-refractivity contribution in [1.82, 2.24) is 0 Å². The number of para-hydroxylation sites is 1. The van der Waals surface area contributed by atoms with Crippen molar-refractivity contribution < 1.29 is 9.47 Å². The van der Waals surface area contributed by atoms with E-state index >= 15 is 0 Å². The van der Waals surface area contributed by atoms with Crippen molar-refractivity contribution in [3.63, 3.8) is 0 Å². The largest absolute Gasteiger partial charge is 0.488 e. The lowest BCUT2D eigenvalue weighted by molar-refractivity contribution is 0.304. The summed E-state index contributed by atoms with van der Waals surface area (Å²) >= 11 is 7.03. The third-order valence-electron chi connectivity index (χ3n) is 4.44. The number of hydrogen-bond donors (Lipinski definition) is 0. The van der Waals surface area contributed by atoms with Gasteiger partial charge in [-0.05, 0) is 93.8 Å². The van der Waals surface area contributed by atoms with Gasteiger partial charge >= 0.3 is 0 Å². The fraction of sp³-hybridized carbons (Fsp3) is 0.0385. The van der Waals surface area contributed by atoms with E-state index in [4.69, 9.17) is 9.47 Å². The highest BCUT2D eigenvalue weighted by Gasteiger charge is 2.03. The molecule has 0 fully saturated rings. The summed E-state index contributed by atoms with van der Waals surface area (Å²) in [6.45, 7) is 0.511. The van der Waals surface area contributed by atoms with Gasteiger partial charge in [-0.3, -0.25) is 4.99 Å². The minimum atomic E-state index is 0.511. The molecule has 0 aromatic heterocycles. The molecule has 5 heteroatoms. The van der Waals surface area contributed by atoms with E-state index in [9.17, 15) is 0 Å². The van der Waals surface area contributed by atoms with E-state index in [1.165, 1.54) is 0 Å². The van der Waals surface area contributed by atoms with Gasteiger partial charge in [0.1, 0.15) is 23.9 Å². The highest BCUT2D eigenvalue weighted by molar-refractivity contribution is 9.10. The van der Waals surface area contributed by atoms with Crippen LogP contribution in [0.2, 0.25) is 0 Å². The Bertz CT molecular complexity index is 1160. The van der Waals surface area contributed by atoms with Crippen molar-refractivity contribution in [2.24, 2.45) is 4.99 Å². The number of hydrogen-bond acceptors (Lipinski definition) is 3. The maximum absolute atomic E-state index is 5.92. The Kier molecular flexibility index (Phi) is 7.18. The van der Waals surface area contributed by atoms with E-state index < -0.39 is 0 Å². The summed E-state index contributed by atoms with van der Waals surface area (Å²) in [6, 6.07) is 31.4. The summed E-state index contributed by atoms with van der Waals surface area (Å²) in [5.41, 5.74) is 2.94. The molecule has 4 aromatic carbocycles. The molecule has 31 heavy (non-hydrogen) atoms. The topological polar surface area (TPSA) is 30.8 Å². The van der Waals surface area contributed by atoms with Crippen molar-refractivity contribution in [1.29, 1.82) is 0 Å². The number of aliphatic imine (C=N–C) groups is 1. The molecule has 0 atom stereocenters. The molecule has 0 radical (unpaired) electrons. The molecule has 0 spiro atoms. The van der Waals surface area contributed by atoms with Crippen LogP contribution in [0.3, 0.4) is 0 Å². The maximum Gasteiger partial charge on any atom is 0.134 e. The van der Waals surface area contributed by atoms with Crippen LogP contribution in [0, 0.1) is 0 Å². The molecule has 0 heterocycles. The molecule has 3 nitrogen and oxygen atoms in total. The van der Waals surface area contributed by atoms with Crippen LogP contribution in [-0.2, 0) is 6.61 Å². The molecule has 4 rings (SSSR count). The highest BCUT2D eigenvalue weighted by atomic mass is 79.9. The van der Waals surface area contributed by atoms with Crippen LogP contribution in [-0.4, -0.2) is 6.21 Å². The van der Waals surface area contributed by atoms with Gasteiger partial charge in [0.2, 0.25) is 0 Å². The zero-order chi connectivity index (χ0) is 21.5. The van der Waals surface area contributed by atoms with Crippen molar-refractivity contribution in [3.8, 4) is 17.2 Å². The number of halogens is 2. The van der Waals surface area contributed by atoms with Crippen LogP contribution in [0.4, 0.5) is 5.69 Å². The molecule has 154 valence electrons. The van der Waals surface area contributed by atoms with Crippen molar-refractivity contribution in [2.45, 2.75) is 6.61 Å². The molecule has 0 aliphatic rings. The summed E-state index contributed by atoms with van der Waals surface area (Å²) in [4.78, 5) is 4.55. The Morgan fingerprint density at radius 3 is 2.16 bits per heavy atom. The second-order valence-electron chi connectivity index (χ2n) is 6.77. The minimum Gasteiger partial charge on any atom is -0.488 e. The zero-order valence-electron chi connectivity index (χ0n) is 16.5. The number of benzene rings is 4. The maximum atomic E-state index is 5.92. The Morgan fingerprint density at radius 2 is 1.45 bits per heavy atom. The van der Waals surface area contributed by atoms with Crippen molar-refractivity contribution in [3.05, 3.63) is 117 Å². The molecule has 0 aliphatic heterocycles. The number of rotatable bonds is 7. The van der Waals surface area contributed by atoms with E-state index in [1.54, 1.807) is 0 Å². The zero-order valence-corrected chi connectivity index (χ0v) is 19.7. The molecule has 0 aliphatic carbocycles. The number of ether oxygens (including phenoxy) is 2. The van der Waals surface area contributed by atoms with Gasteiger partial charge in [-0.25, -0.2) is 0 Å². The van der Waals surface area contributed by atoms with Crippen LogP contribution in [0.5, 0.6) is 17.2 Å². The monoisotopic (exact) mass is 535 g/mol. The van der Waals surface area contributed by atoms with E-state index in [0.717, 1.165) is 43.0 Å². The minimum absolute atomic E-state index is 0.511. The van der Waals surface area contributed by atoms with E-state index in [0.29, 0.717) is 6.61 Å². The van der Waals surface area contributed by atoms with Gasteiger partial charge in [0.15, 0.2) is 0 Å². The summed E-state index contributed by atoms with van der Waals surface area (Å²) < 4.78 is 13.7. The smallest absolute Gasteiger partial charge is 0.134 e. The van der Waals surface area contributed by atoms with Crippen molar-refractivity contribution >= 4 is 43.8 Å². The fourth-order valence-electron chi connectivity index (χ4n) is 2.83. The van der Waals surface area contributed by atoms with Crippen LogP contribution in [0.1, 0.15) is 11.1 Å². The molecule has 0 unspecified atom stereocenters. The van der Waals surface area contributed by atoms with E-state index in [1.807, 2.05) is 103 Å². The first kappa shape index (κ1) is 21.3. The van der Waals surface area contributed by atoms with Crippen LogP contribution in [0.15, 0.2) is 111 Å². The molecule has 0 saturated heterocycles. The predicted molar refractivity (Wildman–Crippen MR) is 133 cm³/mol. The molecule has 4 aromatic rings. The predicted octanol–water partition coefficient (Wildman–Crippen LogP) is 8.33. The normalized spacial score (nSPS) is 10.9. The first-order valence-corrected chi connectivity index (χ1v) is 11.3. The van der Waals surface area contributed by atoms with E-state index in [2.05, 4.69) is 36.9 Å². The first-order chi connectivity index (χ1) is 15.2. The lowest BCUT2D eigenvalue weighted by Gasteiger charge is -2.09. The Hall–Kier alpha value is -2.89. The quantitative estimate of drug-likeness (QED) is 0.222. The average molecular weight is 537 g/mol. The summed E-state index contributed by atoms with van der Waals surface area (Å²) in [5, 5.41) is 0. The molecular weight excluding hydrogens is 518 g/mol. The van der Waals surface area contributed by atoms with Crippen LogP contribution < -0.4 is 9.47 Å². The SMILES string of the molecule is Brc1ccc(COc2ccc(C=Nc3ccc(Oc4ccccc4)cc3)cc2Br)cc1. The highest BCUT2D eigenvalue weighted by Crippen LogP contribution is 2.27. The van der Waals surface area contributed by atoms with E-state index in [-0.39, 0.29) is 0 Å². The standard InChI is InChI=1S/C26H19Br2NO2/c27-21-9-6-19(7-10-21)18-30-26-15-8-20(16-25(26)28)17-29-22-11-13-24(14-12-22)31-23-4-2-1-3-5-23/h1-17H,18H2. The first-order valence-electron chi connectivity index (χ1n) is 9.69.